The molecule has 0 spiro atoms. The van der Waals surface area contributed by atoms with Crippen LogP contribution in [0, 0.1) is 193 Å². The maximum atomic E-state index is 11.4. The quantitative estimate of drug-likeness (QED) is 0.229. The maximum absolute atomic E-state index is 11.4. The molecule has 0 saturated carbocycles. The van der Waals surface area contributed by atoms with Gasteiger partial charge in [0.25, 0.3) is 0 Å². The fraction of sp³-hybridized carbons (Fsp3) is 0.833. The molecule has 0 rings (SSSR count). The molecule has 0 aromatic rings. The summed E-state index contributed by atoms with van der Waals surface area (Å²) in [4.78, 5) is 22.3. The van der Waals surface area contributed by atoms with Crippen molar-refractivity contribution in [1.29, 1.82) is 0 Å². The third-order valence-electron chi connectivity index (χ3n) is 2.52. The largest absolute Gasteiger partial charge is 0.462 e. The van der Waals surface area contributed by atoms with Crippen LogP contribution in [0.3, 0.4) is 0 Å². The van der Waals surface area contributed by atoms with Gasteiger partial charge in [-0.3, -0.25) is 9.59 Å². The van der Waals surface area contributed by atoms with E-state index in [1.165, 1.54) is 6.92 Å². The Morgan fingerprint density at radius 3 is 1.83 bits per heavy atom. The van der Waals surface area contributed by atoms with Gasteiger partial charge in [0.05, 0.1) is 5.92 Å². The van der Waals surface area contributed by atoms with Gasteiger partial charge in [0.1, 0.15) is 6.10 Å². The normalized spacial score (nSPS) is 11.7. The molecule has 5 nitrogen and oxygen atoms in total. The van der Waals surface area contributed by atoms with Crippen molar-refractivity contribution in [3.63, 3.8) is 0 Å². The van der Waals surface area contributed by atoms with Gasteiger partial charge in [-0.25, -0.2) is 0 Å². The number of alkyl halides is 1. The molecule has 0 aliphatic rings. The molecule has 0 aromatic heterocycles. The molecule has 0 aliphatic carbocycles. The molecule has 24 heavy (non-hydrogen) atoms. The number of ether oxygens (including phenoxy) is 2. The summed E-state index contributed by atoms with van der Waals surface area (Å²) in [7, 11) is 0. The number of rotatable bonds is 8. The van der Waals surface area contributed by atoms with Crippen LogP contribution in [-0.2, 0) is 19.1 Å². The monoisotopic (exact) mass is 1710 g/mol. The van der Waals surface area contributed by atoms with Crippen molar-refractivity contribution in [1.82, 2.24) is 0 Å². The Morgan fingerprint density at radius 2 is 1.50 bits per heavy atom. The zero-order valence-corrected chi connectivity index (χ0v) is 39.8. The first-order valence-electron chi connectivity index (χ1n) is 5.99. The van der Waals surface area contributed by atoms with E-state index in [2.05, 4.69) is 4.74 Å². The topological polar surface area (TPSA) is 72.8 Å². The first-order chi connectivity index (χ1) is 8.40. The Labute approximate surface area is 292 Å². The zero-order chi connectivity index (χ0) is 14.1. The minimum absolute atomic E-state index is 0. The molecule has 3 unspecified atom stereocenters. The van der Waals surface area contributed by atoms with E-state index in [-0.39, 0.29) is 192 Å². The van der Waals surface area contributed by atoms with Crippen molar-refractivity contribution in [2.24, 2.45) is 5.92 Å². The minimum Gasteiger partial charge on any atom is -0.462 e. The Morgan fingerprint density at radius 1 is 1.04 bits per heavy atom. The summed E-state index contributed by atoms with van der Waals surface area (Å²) in [5.41, 5.74) is 0. The molecule has 0 bridgehead atoms. The van der Waals surface area contributed by atoms with Crippen LogP contribution in [0.2, 0.25) is 0 Å². The van der Waals surface area contributed by atoms with Crippen LogP contribution in [0.4, 0.5) is 0 Å². The summed E-state index contributed by atoms with van der Waals surface area (Å²) in [5.74, 6) is -1.37. The second kappa shape index (κ2) is 30.7. The number of halogens is 1. The molecule has 0 aliphatic heterocycles. The molecular weight excluding hydrogens is 1690 g/mol. The van der Waals surface area contributed by atoms with Crippen molar-refractivity contribution < 1.29 is 211 Å². The van der Waals surface area contributed by atoms with Gasteiger partial charge < -0.3 is 14.6 Å². The van der Waals surface area contributed by atoms with Crippen molar-refractivity contribution in [3.8, 4) is 0 Å². The first-order valence-corrected chi connectivity index (χ1v) is 6.43. The van der Waals surface area contributed by atoms with E-state index in [9.17, 15) is 9.59 Å². The smallest absolute Gasteiger partial charge is 0.310 e. The van der Waals surface area contributed by atoms with Gasteiger partial charge in [0, 0.05) is 205 Å². The van der Waals surface area contributed by atoms with Crippen LogP contribution in [-0.4, -0.2) is 35.3 Å². The van der Waals surface area contributed by atoms with E-state index in [4.69, 9.17) is 21.4 Å². The molecule has 3 atom stereocenters. The van der Waals surface area contributed by atoms with Crippen molar-refractivity contribution >= 4 is 23.5 Å². The molecule has 12 heteroatoms. The van der Waals surface area contributed by atoms with Crippen LogP contribution in [0.15, 0.2) is 0 Å². The molecule has 0 fully saturated rings. The number of hydrogen-bond acceptors (Lipinski definition) is 5. The molecule has 0 heterocycles. The predicted octanol–water partition coefficient (Wildman–Crippen LogP) is 1.84. The van der Waals surface area contributed by atoms with Gasteiger partial charge in [-0.2, -0.15) is 0 Å². The minimum atomic E-state index is -0.644. The third-order valence-corrected chi connectivity index (χ3v) is 3.01. The third kappa shape index (κ3) is 27.5. The van der Waals surface area contributed by atoms with Crippen LogP contribution in [0.5, 0.6) is 0 Å². The Kier molecular flexibility index (Phi) is 60.5. The van der Waals surface area contributed by atoms with Gasteiger partial charge in [-0.05, 0) is 12.8 Å². The summed E-state index contributed by atoms with van der Waals surface area (Å²) < 4.78 is 9.61. The summed E-state index contributed by atoms with van der Waals surface area (Å²) in [6, 6.07) is 0. The summed E-state index contributed by atoms with van der Waals surface area (Å²) in [6.07, 6.45) is 1.18. The van der Waals surface area contributed by atoms with E-state index >= 15 is 0 Å². The molecule has 130 valence electrons. The second-order valence-corrected chi connectivity index (χ2v) is 4.82. The Balaban J connectivity index is -0.0000000963. The Hall–Kier alpha value is 5.50. The van der Waals surface area contributed by atoms with Gasteiger partial charge in [-0.1, -0.05) is 13.8 Å². The van der Waals surface area contributed by atoms with E-state index < -0.39 is 30.8 Å². The average Bonchev–Trinajstić information content (AvgIpc) is 2.27. The number of esters is 2. The molecule has 0 aromatic carbocycles. The van der Waals surface area contributed by atoms with E-state index in [1.807, 2.05) is 6.92 Å². The fourth-order valence-corrected chi connectivity index (χ4v) is 1.77. The van der Waals surface area contributed by atoms with Crippen LogP contribution < -0.4 is 0 Å². The van der Waals surface area contributed by atoms with Crippen LogP contribution in [0.1, 0.15) is 40.0 Å². The zero-order valence-electron chi connectivity index (χ0n) is 14.0. The summed E-state index contributed by atoms with van der Waals surface area (Å²) in [6.45, 7) is 4.27. The standard InChI is InChI=1S/C12H21ClO5.6U/c1-4-10(13)6-11(18-9(3)15)5-8(2)12(16)17-7-14;;;;;;/h8,10-11,14H,4-7H2,1-3H3;;;;;;. The number of aliphatic hydroxyl groups is 1. The summed E-state index contributed by atoms with van der Waals surface area (Å²) >= 11 is 6.02. The number of carbonyl (C=O) groups is 2. The van der Waals surface area contributed by atoms with E-state index in [0.717, 1.165) is 6.42 Å². The van der Waals surface area contributed by atoms with Crippen molar-refractivity contribution in [2.75, 3.05) is 6.79 Å². The molecule has 0 saturated heterocycles. The summed E-state index contributed by atoms with van der Waals surface area (Å²) in [5, 5.41) is 8.40. The molecule has 1 N–H and O–H groups in total. The van der Waals surface area contributed by atoms with Crippen LogP contribution >= 0.6 is 11.6 Å². The number of carbonyl (C=O) groups excluding carboxylic acids is 2. The van der Waals surface area contributed by atoms with E-state index in [1.54, 1.807) is 6.92 Å². The Bertz CT molecular complexity index is 289. The average molecular weight is 1710 g/mol. The van der Waals surface area contributed by atoms with Crippen molar-refractivity contribution in [2.45, 2.75) is 51.5 Å². The van der Waals surface area contributed by atoms with Gasteiger partial charge in [0.2, 0.25) is 0 Å². The maximum Gasteiger partial charge on any atom is 0.310 e. The SMILES string of the molecule is CCC(Cl)CC(CC(C)C(=O)OCO)OC(C)=O.[U].[U].[U].[U].[U].[U]. The number of hydrogen-bond donors (Lipinski definition) is 1. The molecule has 0 radical (unpaired) electrons. The van der Waals surface area contributed by atoms with Gasteiger partial charge in [0.15, 0.2) is 6.79 Å². The first kappa shape index (κ1) is 47.3. The van der Waals surface area contributed by atoms with Gasteiger partial charge in [-0.15, -0.1) is 11.6 Å². The van der Waals surface area contributed by atoms with Gasteiger partial charge >= 0.3 is 11.9 Å². The molecular formula is C12H21ClO5U6. The second-order valence-electron chi connectivity index (χ2n) is 4.20. The number of aliphatic hydroxyl groups excluding tert-OH is 1. The molecule has 0 amide bonds. The fourth-order valence-electron chi connectivity index (χ4n) is 1.58. The van der Waals surface area contributed by atoms with Crippen molar-refractivity contribution in [3.05, 3.63) is 0 Å². The predicted molar refractivity (Wildman–Crippen MR) is 67.1 cm³/mol. The van der Waals surface area contributed by atoms with E-state index in [0.29, 0.717) is 12.8 Å². The van der Waals surface area contributed by atoms with Crippen LogP contribution in [0.25, 0.3) is 0 Å².